The van der Waals surface area contributed by atoms with Crippen molar-refractivity contribution < 1.29 is 22.8 Å². The Morgan fingerprint density at radius 2 is 2.10 bits per heavy atom. The third-order valence-electron chi connectivity index (χ3n) is 4.66. The largest absolute Gasteiger partial charge is 0.345 e. The summed E-state index contributed by atoms with van der Waals surface area (Å²) in [6.07, 6.45) is 0.325. The number of amides is 3. The molecule has 4 rings (SSSR count). The molecule has 2 N–H and O–H groups in total. The van der Waals surface area contributed by atoms with Crippen LogP contribution in [0.3, 0.4) is 0 Å². The van der Waals surface area contributed by atoms with E-state index in [4.69, 9.17) is 11.6 Å². The predicted molar refractivity (Wildman–Crippen MR) is 101 cm³/mol. The number of nitrogens with zero attached hydrogens (tertiary/aromatic N) is 3. The van der Waals surface area contributed by atoms with Gasteiger partial charge in [0.05, 0.1) is 23.8 Å². The summed E-state index contributed by atoms with van der Waals surface area (Å²) in [6, 6.07) is 3.31. The topological polar surface area (TPSA) is 79.3 Å². The van der Waals surface area contributed by atoms with E-state index >= 15 is 0 Å². The van der Waals surface area contributed by atoms with Crippen LogP contribution >= 0.6 is 11.6 Å². The van der Waals surface area contributed by atoms with Gasteiger partial charge in [-0.25, -0.2) is 18.0 Å². The first-order valence-corrected chi connectivity index (χ1v) is 8.87. The molecular weight excluding hydrogens is 411 g/mol. The molecule has 0 spiro atoms. The summed E-state index contributed by atoms with van der Waals surface area (Å²) >= 11 is 5.71. The Kier molecular flexibility index (Phi) is 5.48. The molecule has 0 bridgehead atoms. The second-order valence-corrected chi connectivity index (χ2v) is 7.11. The summed E-state index contributed by atoms with van der Waals surface area (Å²) in [5.74, 6) is -4.35. The van der Waals surface area contributed by atoms with E-state index in [1.165, 1.54) is 17.0 Å². The Labute approximate surface area is 169 Å². The molecular formula is C18H19ClF3N5O2. The van der Waals surface area contributed by atoms with E-state index in [-0.39, 0.29) is 24.7 Å². The van der Waals surface area contributed by atoms with Gasteiger partial charge < -0.3 is 15.5 Å². The number of urea groups is 1. The minimum atomic E-state index is -3.10. The number of carbonyl (C=O) groups excluding carboxylic acids is 2. The van der Waals surface area contributed by atoms with Crippen molar-refractivity contribution in [1.29, 1.82) is 0 Å². The van der Waals surface area contributed by atoms with E-state index in [9.17, 15) is 22.8 Å². The number of benzene rings is 1. The summed E-state index contributed by atoms with van der Waals surface area (Å²) < 4.78 is 41.9. The number of hydrogen-bond acceptors (Lipinski definition) is 3. The van der Waals surface area contributed by atoms with Gasteiger partial charge >= 0.3 is 6.03 Å². The maximum Gasteiger partial charge on any atom is 0.322 e. The van der Waals surface area contributed by atoms with Crippen molar-refractivity contribution in [2.45, 2.75) is 32.9 Å². The molecule has 0 saturated carbocycles. The fraction of sp³-hybridized carbons (Fsp3) is 0.389. The second-order valence-electron chi connectivity index (χ2n) is 6.70. The monoisotopic (exact) mass is 429 g/mol. The van der Waals surface area contributed by atoms with Gasteiger partial charge in [0.2, 0.25) is 0 Å². The average molecular weight is 430 g/mol. The number of rotatable bonds is 1. The van der Waals surface area contributed by atoms with Crippen LogP contribution in [-0.4, -0.2) is 45.6 Å². The van der Waals surface area contributed by atoms with Gasteiger partial charge in [-0.05, 0) is 18.2 Å². The summed E-state index contributed by atoms with van der Waals surface area (Å²) in [6.45, 7) is -1.12. The molecule has 0 aliphatic carbocycles. The second kappa shape index (κ2) is 7.58. The van der Waals surface area contributed by atoms with Crippen molar-refractivity contribution in [2.24, 2.45) is 0 Å². The molecule has 7 nitrogen and oxygen atoms in total. The molecule has 11 heteroatoms. The van der Waals surface area contributed by atoms with E-state index in [0.29, 0.717) is 29.9 Å². The zero-order chi connectivity index (χ0) is 20.1. The fourth-order valence-corrected chi connectivity index (χ4v) is 3.49. The Morgan fingerprint density at radius 1 is 1.34 bits per heavy atom. The van der Waals surface area contributed by atoms with Crippen molar-refractivity contribution in [1.82, 2.24) is 20.0 Å². The smallest absolute Gasteiger partial charge is 0.322 e. The molecule has 0 saturated heterocycles. The van der Waals surface area contributed by atoms with Crippen molar-refractivity contribution in [3.63, 3.8) is 0 Å². The zero-order valence-electron chi connectivity index (χ0n) is 14.4. The van der Waals surface area contributed by atoms with Crippen molar-refractivity contribution in [3.8, 4) is 0 Å². The molecule has 0 radical (unpaired) electrons. The quantitative estimate of drug-likeness (QED) is 0.730. The summed E-state index contributed by atoms with van der Waals surface area (Å²) in [7, 11) is 0. The lowest BCUT2D eigenvalue weighted by atomic mass is 10.1. The van der Waals surface area contributed by atoms with E-state index in [0.717, 1.165) is 10.7 Å². The highest BCUT2D eigenvalue weighted by Crippen LogP contribution is 2.28. The highest BCUT2D eigenvalue weighted by Gasteiger charge is 2.39. The first kappa shape index (κ1) is 21.0. The van der Waals surface area contributed by atoms with Crippen LogP contribution in [0.1, 0.15) is 29.2 Å². The van der Waals surface area contributed by atoms with Crippen molar-refractivity contribution in [2.75, 3.05) is 18.4 Å². The van der Waals surface area contributed by atoms with Crippen molar-refractivity contribution >= 4 is 29.2 Å². The van der Waals surface area contributed by atoms with Gasteiger partial charge in [0.25, 0.3) is 11.8 Å². The van der Waals surface area contributed by atoms with Gasteiger partial charge in [-0.15, -0.1) is 0 Å². The highest BCUT2D eigenvalue weighted by molar-refractivity contribution is 6.31. The Balaban J connectivity index is 0.00000240. The number of alkyl halides is 2. The van der Waals surface area contributed by atoms with E-state index < -0.39 is 36.8 Å². The van der Waals surface area contributed by atoms with Crippen LogP contribution in [0, 0.1) is 5.82 Å². The Hall–Kier alpha value is -2.75. The Bertz CT molecular complexity index is 979. The number of anilines is 1. The molecule has 29 heavy (non-hydrogen) atoms. The zero-order valence-corrected chi connectivity index (χ0v) is 15.2. The van der Waals surface area contributed by atoms with Crippen LogP contribution in [0.5, 0.6) is 0 Å². The number of hydrogen-bond donors (Lipinski definition) is 2. The summed E-state index contributed by atoms with van der Waals surface area (Å²) in [4.78, 5) is 26.3. The lowest BCUT2D eigenvalue weighted by molar-refractivity contribution is -0.0131. The minimum Gasteiger partial charge on any atom is -0.345 e. The van der Waals surface area contributed by atoms with Gasteiger partial charge in [0, 0.05) is 24.2 Å². The molecule has 0 atom stereocenters. The van der Waals surface area contributed by atoms with Crippen LogP contribution in [0.15, 0.2) is 18.2 Å². The van der Waals surface area contributed by atoms with E-state index in [1.807, 2.05) is 0 Å². The standard InChI is InChI=1S/C17H15ClF3N5O2.CH4/c18-11-5-9(1-2-12(11)19)23-16(28)25-4-3-13-10(6-25)14-15(27)22-7-17(20,21)8-26(14)24-13;/h1-2,5H,3-4,6-8H2,(H,22,27)(H,23,28);1H4. The fourth-order valence-electron chi connectivity index (χ4n) is 3.31. The number of aromatic nitrogens is 2. The van der Waals surface area contributed by atoms with Gasteiger partial charge in [0.1, 0.15) is 18.1 Å². The molecule has 1 aromatic heterocycles. The maximum atomic E-state index is 13.8. The molecule has 2 aliphatic heterocycles. The van der Waals surface area contributed by atoms with Crippen molar-refractivity contribution in [3.05, 3.63) is 46.0 Å². The number of carbonyl (C=O) groups is 2. The maximum absolute atomic E-state index is 13.8. The number of nitrogens with one attached hydrogen (secondary N) is 2. The number of halogens is 4. The van der Waals surface area contributed by atoms with E-state index in [1.54, 1.807) is 0 Å². The van der Waals surface area contributed by atoms with E-state index in [2.05, 4.69) is 15.7 Å². The minimum absolute atomic E-state index is 0. The molecule has 3 heterocycles. The van der Waals surface area contributed by atoms with Crippen LogP contribution < -0.4 is 10.6 Å². The lowest BCUT2D eigenvalue weighted by Crippen LogP contribution is -2.40. The average Bonchev–Trinajstić information content (AvgIpc) is 2.93. The third-order valence-corrected chi connectivity index (χ3v) is 4.95. The van der Waals surface area contributed by atoms with Gasteiger partial charge in [0.15, 0.2) is 0 Å². The van der Waals surface area contributed by atoms with Crippen LogP contribution in [-0.2, 0) is 19.5 Å². The number of fused-ring (bicyclic) bond motifs is 3. The van der Waals surface area contributed by atoms with Gasteiger partial charge in [-0.3, -0.25) is 9.48 Å². The molecule has 3 amide bonds. The first-order chi connectivity index (χ1) is 13.2. The molecule has 156 valence electrons. The summed E-state index contributed by atoms with van der Waals surface area (Å²) in [5.41, 5.74) is 1.34. The van der Waals surface area contributed by atoms with Crippen LogP contribution in [0.2, 0.25) is 5.02 Å². The van der Waals surface area contributed by atoms with Gasteiger partial charge in [-0.1, -0.05) is 19.0 Å². The van der Waals surface area contributed by atoms with Crippen LogP contribution in [0.25, 0.3) is 0 Å². The normalized spacial score (nSPS) is 17.4. The molecule has 2 aromatic rings. The SMILES string of the molecule is C.O=C1NCC(F)(F)Cn2nc3c(c21)CN(C(=O)Nc1ccc(F)c(Cl)c1)CC3. The molecule has 0 fully saturated rings. The third kappa shape index (κ3) is 4.02. The molecule has 1 aromatic carbocycles. The highest BCUT2D eigenvalue weighted by atomic mass is 35.5. The predicted octanol–water partition coefficient (Wildman–Crippen LogP) is 3.28. The van der Waals surface area contributed by atoms with Crippen LogP contribution in [0.4, 0.5) is 23.7 Å². The Morgan fingerprint density at radius 3 is 2.83 bits per heavy atom. The molecule has 0 unspecified atom stereocenters. The van der Waals surface area contributed by atoms with Gasteiger partial charge in [-0.2, -0.15) is 5.10 Å². The first-order valence-electron chi connectivity index (χ1n) is 8.49. The molecule has 2 aliphatic rings. The summed E-state index contributed by atoms with van der Waals surface area (Å²) in [5, 5.41) is 8.84. The lowest BCUT2D eigenvalue weighted by Gasteiger charge is -2.27.